The Hall–Kier alpha value is -1.34. The van der Waals surface area contributed by atoms with Gasteiger partial charge in [0.15, 0.2) is 6.10 Å². The van der Waals surface area contributed by atoms with Crippen LogP contribution in [0, 0.1) is 5.41 Å². The fourth-order valence-electron chi connectivity index (χ4n) is 2.19. The average molecular weight is 274 g/mol. The SMILES string of the molecule is COC1CC(NC(=O)NCCC(O)C(=O)O)C1(C)C. The van der Waals surface area contributed by atoms with E-state index in [1.54, 1.807) is 7.11 Å². The van der Waals surface area contributed by atoms with Crippen molar-refractivity contribution in [3.05, 3.63) is 0 Å². The molecule has 0 aromatic carbocycles. The molecule has 1 rings (SSSR count). The maximum atomic E-state index is 11.6. The van der Waals surface area contributed by atoms with Gasteiger partial charge in [0.05, 0.1) is 6.10 Å². The number of aliphatic carboxylic acids is 1. The molecule has 3 atom stereocenters. The van der Waals surface area contributed by atoms with Crippen LogP contribution in [0.15, 0.2) is 0 Å². The zero-order valence-electron chi connectivity index (χ0n) is 11.5. The van der Waals surface area contributed by atoms with E-state index in [-0.39, 0.29) is 36.6 Å². The van der Waals surface area contributed by atoms with Gasteiger partial charge in [0.2, 0.25) is 0 Å². The number of carbonyl (C=O) groups is 2. The Balaban J connectivity index is 2.24. The van der Waals surface area contributed by atoms with Crippen molar-refractivity contribution in [1.29, 1.82) is 0 Å². The number of carboxylic acid groups (broad SMARTS) is 1. The largest absolute Gasteiger partial charge is 0.479 e. The summed E-state index contributed by atoms with van der Waals surface area (Å²) in [4.78, 5) is 22.0. The zero-order valence-corrected chi connectivity index (χ0v) is 11.5. The van der Waals surface area contributed by atoms with Crippen LogP contribution in [-0.2, 0) is 9.53 Å². The predicted molar refractivity (Wildman–Crippen MR) is 67.8 cm³/mol. The van der Waals surface area contributed by atoms with Crippen LogP contribution in [0.25, 0.3) is 0 Å². The van der Waals surface area contributed by atoms with E-state index in [1.807, 2.05) is 13.8 Å². The molecule has 1 saturated carbocycles. The van der Waals surface area contributed by atoms with Crippen LogP contribution in [0.1, 0.15) is 26.7 Å². The second kappa shape index (κ2) is 6.21. The average Bonchev–Trinajstić information content (AvgIpc) is 2.33. The lowest BCUT2D eigenvalue weighted by Crippen LogP contribution is -2.63. The summed E-state index contributed by atoms with van der Waals surface area (Å²) < 4.78 is 5.28. The Bertz CT molecular complexity index is 345. The van der Waals surface area contributed by atoms with Crippen LogP contribution in [0.3, 0.4) is 0 Å². The van der Waals surface area contributed by atoms with E-state index in [0.717, 1.165) is 6.42 Å². The molecule has 0 aromatic rings. The number of methoxy groups -OCH3 is 1. The monoisotopic (exact) mass is 274 g/mol. The van der Waals surface area contributed by atoms with Gasteiger partial charge >= 0.3 is 12.0 Å². The highest BCUT2D eigenvalue weighted by Crippen LogP contribution is 2.42. The molecule has 0 bridgehead atoms. The summed E-state index contributed by atoms with van der Waals surface area (Å²) in [5.74, 6) is -1.29. The first-order valence-electron chi connectivity index (χ1n) is 6.27. The Kier molecular flexibility index (Phi) is 5.13. The third-order valence-electron chi connectivity index (χ3n) is 3.76. The first-order valence-corrected chi connectivity index (χ1v) is 6.27. The van der Waals surface area contributed by atoms with Gasteiger partial charge in [0, 0.05) is 31.5 Å². The second-order valence-electron chi connectivity index (χ2n) is 5.38. The minimum atomic E-state index is -1.45. The number of aliphatic hydroxyl groups excluding tert-OH is 1. The van der Waals surface area contributed by atoms with Crippen LogP contribution in [0.4, 0.5) is 4.79 Å². The first-order chi connectivity index (χ1) is 8.78. The van der Waals surface area contributed by atoms with Crippen molar-refractivity contribution in [1.82, 2.24) is 10.6 Å². The fourth-order valence-corrected chi connectivity index (χ4v) is 2.19. The molecular weight excluding hydrogens is 252 g/mol. The summed E-state index contributed by atoms with van der Waals surface area (Å²) in [6.07, 6.45) is -0.573. The minimum absolute atomic E-state index is 0.0164. The summed E-state index contributed by atoms with van der Waals surface area (Å²) in [6.45, 7) is 4.15. The van der Waals surface area contributed by atoms with E-state index >= 15 is 0 Å². The summed E-state index contributed by atoms with van der Waals surface area (Å²) in [6, 6.07) is -0.327. The van der Waals surface area contributed by atoms with Crippen LogP contribution in [-0.4, -0.2) is 54.1 Å². The molecular formula is C12H22N2O5. The van der Waals surface area contributed by atoms with Crippen LogP contribution >= 0.6 is 0 Å². The van der Waals surface area contributed by atoms with Gasteiger partial charge in [0.1, 0.15) is 0 Å². The van der Waals surface area contributed by atoms with Gasteiger partial charge < -0.3 is 25.6 Å². The van der Waals surface area contributed by atoms with Crippen LogP contribution in [0.5, 0.6) is 0 Å². The van der Waals surface area contributed by atoms with Crippen LogP contribution in [0.2, 0.25) is 0 Å². The van der Waals surface area contributed by atoms with E-state index in [9.17, 15) is 9.59 Å². The Morgan fingerprint density at radius 1 is 1.47 bits per heavy atom. The number of urea groups is 1. The maximum Gasteiger partial charge on any atom is 0.332 e. The maximum absolute atomic E-state index is 11.6. The Morgan fingerprint density at radius 2 is 2.11 bits per heavy atom. The smallest absolute Gasteiger partial charge is 0.332 e. The number of rotatable bonds is 6. The molecule has 3 unspecified atom stereocenters. The molecule has 0 aliphatic heterocycles. The van der Waals surface area contributed by atoms with Gasteiger partial charge in [-0.25, -0.2) is 9.59 Å². The highest BCUT2D eigenvalue weighted by molar-refractivity contribution is 5.75. The summed E-state index contributed by atoms with van der Waals surface area (Å²) in [5.41, 5.74) is -0.118. The van der Waals surface area contributed by atoms with Crippen molar-refractivity contribution in [2.75, 3.05) is 13.7 Å². The Morgan fingerprint density at radius 3 is 2.58 bits per heavy atom. The number of carbonyl (C=O) groups excluding carboxylic acids is 1. The van der Waals surface area contributed by atoms with Gasteiger partial charge in [0.25, 0.3) is 0 Å². The number of hydrogen-bond acceptors (Lipinski definition) is 4. The van der Waals surface area contributed by atoms with Crippen molar-refractivity contribution < 1.29 is 24.5 Å². The van der Waals surface area contributed by atoms with Crippen molar-refractivity contribution in [2.45, 2.75) is 44.9 Å². The molecule has 19 heavy (non-hydrogen) atoms. The summed E-state index contributed by atoms with van der Waals surface area (Å²) >= 11 is 0. The van der Waals surface area contributed by atoms with E-state index in [2.05, 4.69) is 10.6 Å². The molecule has 0 radical (unpaired) electrons. The van der Waals surface area contributed by atoms with Crippen LogP contribution < -0.4 is 10.6 Å². The van der Waals surface area contributed by atoms with E-state index in [0.29, 0.717) is 0 Å². The molecule has 1 aliphatic rings. The Labute approximate surface area is 112 Å². The standard InChI is InChI=1S/C12H22N2O5/c1-12(2)8(6-9(12)19-3)14-11(18)13-5-4-7(15)10(16)17/h7-9,15H,4-6H2,1-3H3,(H,16,17)(H2,13,14,18). The second-order valence-corrected chi connectivity index (χ2v) is 5.38. The third-order valence-corrected chi connectivity index (χ3v) is 3.76. The number of nitrogens with one attached hydrogen (secondary N) is 2. The molecule has 110 valence electrons. The lowest BCUT2D eigenvalue weighted by molar-refractivity contribution is -0.146. The van der Waals surface area contributed by atoms with Crippen molar-refractivity contribution in [2.24, 2.45) is 5.41 Å². The summed E-state index contributed by atoms with van der Waals surface area (Å²) in [7, 11) is 1.65. The lowest BCUT2D eigenvalue weighted by Gasteiger charge is -2.51. The summed E-state index contributed by atoms with van der Waals surface area (Å²) in [5, 5.41) is 22.9. The highest BCUT2D eigenvalue weighted by atomic mass is 16.5. The van der Waals surface area contributed by atoms with Gasteiger partial charge in [-0.3, -0.25) is 0 Å². The van der Waals surface area contributed by atoms with Crippen molar-refractivity contribution in [3.8, 4) is 0 Å². The number of hydrogen-bond donors (Lipinski definition) is 4. The van der Waals surface area contributed by atoms with Gasteiger partial charge in [-0.05, 0) is 6.42 Å². The van der Waals surface area contributed by atoms with E-state index < -0.39 is 12.1 Å². The number of carboxylic acids is 1. The minimum Gasteiger partial charge on any atom is -0.479 e. The normalized spacial score (nSPS) is 26.1. The zero-order chi connectivity index (χ0) is 14.6. The molecule has 7 nitrogen and oxygen atoms in total. The number of ether oxygens (including phenoxy) is 1. The molecule has 0 aromatic heterocycles. The quantitative estimate of drug-likeness (QED) is 0.542. The third kappa shape index (κ3) is 3.81. The van der Waals surface area contributed by atoms with E-state index in [4.69, 9.17) is 14.9 Å². The van der Waals surface area contributed by atoms with Crippen molar-refractivity contribution in [3.63, 3.8) is 0 Å². The molecule has 4 N–H and O–H groups in total. The van der Waals surface area contributed by atoms with Gasteiger partial charge in [-0.1, -0.05) is 13.8 Å². The number of aliphatic hydroxyl groups is 1. The molecule has 0 heterocycles. The van der Waals surface area contributed by atoms with Gasteiger partial charge in [-0.15, -0.1) is 0 Å². The molecule has 1 fully saturated rings. The molecule has 1 aliphatic carbocycles. The fraction of sp³-hybridized carbons (Fsp3) is 0.833. The molecule has 0 spiro atoms. The van der Waals surface area contributed by atoms with E-state index in [1.165, 1.54) is 0 Å². The lowest BCUT2D eigenvalue weighted by atomic mass is 9.64. The molecule has 0 saturated heterocycles. The molecule has 2 amide bonds. The molecule has 7 heteroatoms. The topological polar surface area (TPSA) is 108 Å². The number of amides is 2. The van der Waals surface area contributed by atoms with Crippen molar-refractivity contribution >= 4 is 12.0 Å². The van der Waals surface area contributed by atoms with Gasteiger partial charge in [-0.2, -0.15) is 0 Å². The highest BCUT2D eigenvalue weighted by Gasteiger charge is 2.49. The first kappa shape index (κ1) is 15.7. The predicted octanol–water partition coefficient (Wildman–Crippen LogP) is -0.0653.